The zero-order chi connectivity index (χ0) is 13.1. The predicted octanol–water partition coefficient (Wildman–Crippen LogP) is 0.518. The molecule has 0 spiro atoms. The number of unbranched alkanes of at least 4 members (excludes halogenated alkanes) is 1. The molecule has 96 valence electrons. The molecule has 1 heterocycles. The van der Waals surface area contributed by atoms with Gasteiger partial charge in [-0.25, -0.2) is 4.79 Å². The lowest BCUT2D eigenvalue weighted by molar-refractivity contribution is -0.149. The molecule has 1 N–H and O–H groups in total. The zero-order valence-corrected chi connectivity index (χ0v) is 10.4. The van der Waals surface area contributed by atoms with Gasteiger partial charge < -0.3 is 4.74 Å². The first-order valence-corrected chi connectivity index (χ1v) is 5.57. The van der Waals surface area contributed by atoms with Gasteiger partial charge in [0.2, 0.25) is 11.8 Å². The lowest BCUT2D eigenvalue weighted by atomic mass is 9.89. The Bertz CT molecular complexity index is 338. The summed E-state index contributed by atoms with van der Waals surface area (Å²) in [5.74, 6) is -0.982. The molecule has 0 radical (unpaired) electrons. The summed E-state index contributed by atoms with van der Waals surface area (Å²) in [7, 11) is 1.60. The van der Waals surface area contributed by atoms with Crippen LogP contribution in [0.4, 0.5) is 4.79 Å². The van der Waals surface area contributed by atoms with E-state index in [0.717, 1.165) is 11.3 Å². The number of urea groups is 1. The first-order valence-electron chi connectivity index (χ1n) is 5.57. The normalized spacial score (nSPS) is 19.5. The number of carbonyl (C=O) groups is 3. The van der Waals surface area contributed by atoms with Gasteiger partial charge in [-0.3, -0.25) is 19.8 Å². The summed E-state index contributed by atoms with van der Waals surface area (Å²) in [6.07, 6.45) is 1.43. The third kappa shape index (κ3) is 2.82. The van der Waals surface area contributed by atoms with Crippen molar-refractivity contribution in [3.8, 4) is 0 Å². The van der Waals surface area contributed by atoms with Crippen LogP contribution >= 0.6 is 0 Å². The van der Waals surface area contributed by atoms with Crippen LogP contribution in [0.3, 0.4) is 0 Å². The summed E-state index contributed by atoms with van der Waals surface area (Å²) < 4.78 is 4.88. The Balaban J connectivity index is 2.62. The fourth-order valence-corrected chi connectivity index (χ4v) is 1.57. The maximum Gasteiger partial charge on any atom is 0.330 e. The molecule has 17 heavy (non-hydrogen) atoms. The van der Waals surface area contributed by atoms with Gasteiger partial charge in [0.15, 0.2) is 0 Å². The van der Waals surface area contributed by atoms with Crippen LogP contribution < -0.4 is 5.32 Å². The lowest BCUT2D eigenvalue weighted by Crippen LogP contribution is -2.61. The Morgan fingerprint density at radius 2 is 1.88 bits per heavy atom. The topological polar surface area (TPSA) is 75.7 Å². The van der Waals surface area contributed by atoms with Crippen LogP contribution in [-0.2, 0) is 14.3 Å². The smallest absolute Gasteiger partial charge is 0.330 e. The van der Waals surface area contributed by atoms with Crippen LogP contribution in [0.2, 0.25) is 0 Å². The number of hydrogen-bond acceptors (Lipinski definition) is 4. The number of methoxy groups -OCH3 is 1. The molecule has 0 aromatic heterocycles. The Labute approximate surface area is 100 Å². The quantitative estimate of drug-likeness (QED) is 0.563. The number of ether oxygens (including phenoxy) is 1. The number of nitrogens with zero attached hydrogens (tertiary/aromatic N) is 1. The Hall–Kier alpha value is -1.43. The first kappa shape index (κ1) is 13.6. The molecule has 1 saturated heterocycles. The predicted molar refractivity (Wildman–Crippen MR) is 60.1 cm³/mol. The van der Waals surface area contributed by atoms with Crippen LogP contribution in [-0.4, -0.2) is 43.0 Å². The van der Waals surface area contributed by atoms with Crippen molar-refractivity contribution in [2.45, 2.75) is 26.7 Å². The van der Waals surface area contributed by atoms with Crippen molar-refractivity contribution in [1.82, 2.24) is 10.2 Å². The van der Waals surface area contributed by atoms with Crippen molar-refractivity contribution >= 4 is 17.8 Å². The SMILES string of the molecule is COCCCCN1C(=O)NC(=O)C(C)(C)C1=O. The van der Waals surface area contributed by atoms with E-state index in [9.17, 15) is 14.4 Å². The highest BCUT2D eigenvalue weighted by atomic mass is 16.5. The van der Waals surface area contributed by atoms with Crippen molar-refractivity contribution in [2.75, 3.05) is 20.3 Å². The van der Waals surface area contributed by atoms with Gasteiger partial charge in [0, 0.05) is 20.3 Å². The molecule has 6 nitrogen and oxygen atoms in total. The van der Waals surface area contributed by atoms with Crippen molar-refractivity contribution < 1.29 is 19.1 Å². The maximum atomic E-state index is 11.9. The monoisotopic (exact) mass is 242 g/mol. The van der Waals surface area contributed by atoms with E-state index < -0.39 is 23.3 Å². The Kier molecular flexibility index (Phi) is 4.22. The minimum atomic E-state index is -1.17. The summed E-state index contributed by atoms with van der Waals surface area (Å²) in [4.78, 5) is 36.0. The lowest BCUT2D eigenvalue weighted by Gasteiger charge is -2.34. The fraction of sp³-hybridized carbons (Fsp3) is 0.727. The molecular formula is C11H18N2O4. The van der Waals surface area contributed by atoms with Crippen LogP contribution in [0.25, 0.3) is 0 Å². The highest BCUT2D eigenvalue weighted by molar-refractivity contribution is 6.18. The van der Waals surface area contributed by atoms with Crippen molar-refractivity contribution in [3.63, 3.8) is 0 Å². The molecule has 0 aromatic rings. The highest BCUT2D eigenvalue weighted by Gasteiger charge is 2.46. The molecule has 0 bridgehead atoms. The molecule has 1 aliphatic heterocycles. The molecule has 0 atom stereocenters. The minimum Gasteiger partial charge on any atom is -0.385 e. The Morgan fingerprint density at radius 3 is 2.47 bits per heavy atom. The molecule has 1 rings (SSSR count). The number of nitrogens with one attached hydrogen (secondary N) is 1. The van der Waals surface area contributed by atoms with E-state index in [1.54, 1.807) is 7.11 Å². The van der Waals surface area contributed by atoms with Gasteiger partial charge in [-0.05, 0) is 26.7 Å². The van der Waals surface area contributed by atoms with Crippen LogP contribution in [0.5, 0.6) is 0 Å². The summed E-state index contributed by atoms with van der Waals surface area (Å²) >= 11 is 0. The first-order chi connectivity index (χ1) is 7.91. The minimum absolute atomic E-state index is 0.310. The number of barbiturate groups is 1. The average molecular weight is 242 g/mol. The summed E-state index contributed by atoms with van der Waals surface area (Å²) in [6.45, 7) is 3.93. The second-order valence-corrected chi connectivity index (χ2v) is 4.54. The van der Waals surface area contributed by atoms with Gasteiger partial charge in [-0.15, -0.1) is 0 Å². The molecule has 4 amide bonds. The zero-order valence-electron chi connectivity index (χ0n) is 10.4. The van der Waals surface area contributed by atoms with Gasteiger partial charge in [-0.2, -0.15) is 0 Å². The van der Waals surface area contributed by atoms with E-state index >= 15 is 0 Å². The molecule has 1 fully saturated rings. The van der Waals surface area contributed by atoms with Gasteiger partial charge in [0.25, 0.3) is 0 Å². The number of amides is 4. The number of carbonyl (C=O) groups excluding carboxylic acids is 3. The second kappa shape index (κ2) is 5.27. The fourth-order valence-electron chi connectivity index (χ4n) is 1.57. The summed E-state index contributed by atoms with van der Waals surface area (Å²) in [5.41, 5.74) is -1.17. The van der Waals surface area contributed by atoms with Gasteiger partial charge in [0.1, 0.15) is 5.41 Å². The molecule has 6 heteroatoms. The molecule has 0 saturated carbocycles. The molecule has 0 unspecified atom stereocenters. The van der Waals surface area contributed by atoms with Crippen LogP contribution in [0.1, 0.15) is 26.7 Å². The van der Waals surface area contributed by atoms with Crippen molar-refractivity contribution in [2.24, 2.45) is 5.41 Å². The van der Waals surface area contributed by atoms with E-state index in [0.29, 0.717) is 19.6 Å². The maximum absolute atomic E-state index is 11.9. The van der Waals surface area contributed by atoms with E-state index in [1.165, 1.54) is 13.8 Å². The van der Waals surface area contributed by atoms with Gasteiger partial charge >= 0.3 is 6.03 Å². The molecule has 1 aliphatic rings. The van der Waals surface area contributed by atoms with Gasteiger partial charge in [-0.1, -0.05) is 0 Å². The van der Waals surface area contributed by atoms with Crippen molar-refractivity contribution in [3.05, 3.63) is 0 Å². The van der Waals surface area contributed by atoms with Crippen LogP contribution in [0, 0.1) is 5.41 Å². The third-order valence-corrected chi connectivity index (χ3v) is 2.79. The largest absolute Gasteiger partial charge is 0.385 e. The highest BCUT2D eigenvalue weighted by Crippen LogP contribution is 2.23. The molecule has 0 aliphatic carbocycles. The van der Waals surface area contributed by atoms with E-state index in [2.05, 4.69) is 5.32 Å². The van der Waals surface area contributed by atoms with Crippen molar-refractivity contribution in [1.29, 1.82) is 0 Å². The summed E-state index contributed by atoms with van der Waals surface area (Å²) in [6, 6.07) is -0.628. The Morgan fingerprint density at radius 1 is 1.24 bits per heavy atom. The van der Waals surface area contributed by atoms with E-state index in [1.807, 2.05) is 0 Å². The van der Waals surface area contributed by atoms with E-state index in [4.69, 9.17) is 4.74 Å². The number of hydrogen-bond donors (Lipinski definition) is 1. The molecule has 0 aromatic carbocycles. The van der Waals surface area contributed by atoms with Gasteiger partial charge in [0.05, 0.1) is 0 Å². The number of imide groups is 2. The summed E-state index contributed by atoms with van der Waals surface area (Å²) in [5, 5.41) is 2.19. The molecular weight excluding hydrogens is 224 g/mol. The van der Waals surface area contributed by atoms with E-state index in [-0.39, 0.29) is 0 Å². The number of rotatable bonds is 5. The average Bonchev–Trinajstić information content (AvgIpc) is 2.26. The van der Waals surface area contributed by atoms with Crippen LogP contribution in [0.15, 0.2) is 0 Å². The second-order valence-electron chi connectivity index (χ2n) is 4.54. The third-order valence-electron chi connectivity index (χ3n) is 2.79. The standard InChI is InChI=1S/C11H18N2O4/c1-11(2)8(14)12-10(16)13(9(11)15)6-4-5-7-17-3/h4-7H2,1-3H3,(H,12,14,16).